The highest BCUT2D eigenvalue weighted by molar-refractivity contribution is 7.12. The molecular formula is C15H26N2S. The van der Waals surface area contributed by atoms with Gasteiger partial charge in [-0.05, 0) is 45.5 Å². The van der Waals surface area contributed by atoms with Crippen molar-refractivity contribution in [2.24, 2.45) is 0 Å². The lowest BCUT2D eigenvalue weighted by Crippen LogP contribution is -2.32. The molecule has 3 heteroatoms. The van der Waals surface area contributed by atoms with Crippen molar-refractivity contribution in [3.8, 4) is 0 Å². The molecule has 0 unspecified atom stereocenters. The van der Waals surface area contributed by atoms with Crippen LogP contribution < -0.4 is 5.32 Å². The van der Waals surface area contributed by atoms with Crippen LogP contribution in [0.25, 0.3) is 0 Å². The van der Waals surface area contributed by atoms with Crippen LogP contribution in [0.5, 0.6) is 0 Å². The van der Waals surface area contributed by atoms with Crippen molar-refractivity contribution in [2.75, 3.05) is 14.1 Å². The van der Waals surface area contributed by atoms with E-state index in [-0.39, 0.29) is 0 Å². The average Bonchev–Trinajstić information content (AvgIpc) is 2.71. The first-order valence-electron chi connectivity index (χ1n) is 7.13. The highest BCUT2D eigenvalue weighted by atomic mass is 32.1. The Kier molecular flexibility index (Phi) is 5.22. The predicted octanol–water partition coefficient (Wildman–Crippen LogP) is 3.54. The van der Waals surface area contributed by atoms with E-state index in [4.69, 9.17) is 0 Å². The molecule has 2 rings (SSSR count). The second-order valence-corrected chi connectivity index (χ2v) is 6.87. The zero-order chi connectivity index (χ0) is 13.0. The molecule has 0 saturated heterocycles. The van der Waals surface area contributed by atoms with Crippen LogP contribution in [0.3, 0.4) is 0 Å². The van der Waals surface area contributed by atoms with Gasteiger partial charge in [0.1, 0.15) is 0 Å². The van der Waals surface area contributed by atoms with Gasteiger partial charge in [-0.15, -0.1) is 11.3 Å². The van der Waals surface area contributed by atoms with Crippen LogP contribution >= 0.6 is 11.3 Å². The lowest BCUT2D eigenvalue weighted by atomic mass is 9.94. The van der Waals surface area contributed by atoms with Crippen molar-refractivity contribution in [1.29, 1.82) is 0 Å². The normalized spacial score (nSPS) is 17.6. The first-order valence-corrected chi connectivity index (χ1v) is 7.95. The largest absolute Gasteiger partial charge is 0.315 e. The van der Waals surface area contributed by atoms with Gasteiger partial charge < -0.3 is 5.32 Å². The Labute approximate surface area is 115 Å². The first-order chi connectivity index (χ1) is 8.70. The van der Waals surface area contributed by atoms with Crippen molar-refractivity contribution in [3.05, 3.63) is 21.4 Å². The van der Waals surface area contributed by atoms with Crippen molar-refractivity contribution in [1.82, 2.24) is 10.2 Å². The van der Waals surface area contributed by atoms with E-state index in [0.717, 1.165) is 19.1 Å². The Morgan fingerprint density at radius 1 is 1.33 bits per heavy atom. The highest BCUT2D eigenvalue weighted by Gasteiger charge is 2.19. The van der Waals surface area contributed by atoms with E-state index in [2.05, 4.69) is 30.3 Å². The molecule has 1 aromatic heterocycles. The summed E-state index contributed by atoms with van der Waals surface area (Å²) in [6, 6.07) is 3.20. The summed E-state index contributed by atoms with van der Waals surface area (Å²) in [6.45, 7) is 4.38. The minimum atomic E-state index is 0.811. The van der Waals surface area contributed by atoms with E-state index >= 15 is 0 Å². The van der Waals surface area contributed by atoms with Gasteiger partial charge in [0.25, 0.3) is 0 Å². The maximum Gasteiger partial charge on any atom is 0.0296 e. The Morgan fingerprint density at radius 3 is 2.72 bits per heavy atom. The second-order valence-electron chi connectivity index (χ2n) is 5.53. The molecule has 0 atom stereocenters. The van der Waals surface area contributed by atoms with Crippen LogP contribution in [-0.2, 0) is 13.1 Å². The SMILES string of the molecule is CNCc1cc(CN(C)C2CCCCC2)c(C)s1. The Bertz CT molecular complexity index is 367. The van der Waals surface area contributed by atoms with Gasteiger partial charge in [-0.25, -0.2) is 0 Å². The van der Waals surface area contributed by atoms with Gasteiger partial charge in [0.2, 0.25) is 0 Å². The molecule has 0 spiro atoms. The number of nitrogens with zero attached hydrogens (tertiary/aromatic N) is 1. The third-order valence-electron chi connectivity index (χ3n) is 4.04. The van der Waals surface area contributed by atoms with E-state index in [1.54, 1.807) is 0 Å². The highest BCUT2D eigenvalue weighted by Crippen LogP contribution is 2.26. The van der Waals surface area contributed by atoms with E-state index in [9.17, 15) is 0 Å². The molecule has 1 aromatic rings. The fourth-order valence-corrected chi connectivity index (χ4v) is 3.99. The summed E-state index contributed by atoms with van der Waals surface area (Å²) in [7, 11) is 4.31. The first kappa shape index (κ1) is 14.0. The number of hydrogen-bond acceptors (Lipinski definition) is 3. The molecule has 1 saturated carbocycles. The van der Waals surface area contributed by atoms with E-state index < -0.39 is 0 Å². The van der Waals surface area contributed by atoms with Gasteiger partial charge in [-0.1, -0.05) is 19.3 Å². The minimum absolute atomic E-state index is 0.811. The van der Waals surface area contributed by atoms with Crippen molar-refractivity contribution in [2.45, 2.75) is 58.2 Å². The standard InChI is InChI=1S/C15H26N2S/c1-12-13(9-15(18-12)10-16-2)11-17(3)14-7-5-4-6-8-14/h9,14,16H,4-8,10-11H2,1-3H3. The number of thiophene rings is 1. The lowest BCUT2D eigenvalue weighted by Gasteiger charge is -2.31. The van der Waals surface area contributed by atoms with Crippen LogP contribution in [0.4, 0.5) is 0 Å². The molecule has 0 bridgehead atoms. The second kappa shape index (κ2) is 6.69. The van der Waals surface area contributed by atoms with Gasteiger partial charge in [-0.3, -0.25) is 4.90 Å². The number of aryl methyl sites for hydroxylation is 1. The summed E-state index contributed by atoms with van der Waals surface area (Å²) in [5.74, 6) is 0. The van der Waals surface area contributed by atoms with Crippen LogP contribution in [0, 0.1) is 6.92 Å². The molecule has 0 amide bonds. The van der Waals surface area contributed by atoms with Gasteiger partial charge in [0.15, 0.2) is 0 Å². The maximum atomic E-state index is 3.24. The van der Waals surface area contributed by atoms with Crippen LogP contribution in [-0.4, -0.2) is 25.0 Å². The van der Waals surface area contributed by atoms with Gasteiger partial charge in [0, 0.05) is 28.9 Å². The smallest absolute Gasteiger partial charge is 0.0296 e. The molecule has 1 heterocycles. The van der Waals surface area contributed by atoms with Crippen molar-refractivity contribution < 1.29 is 0 Å². The minimum Gasteiger partial charge on any atom is -0.315 e. The molecule has 0 aliphatic heterocycles. The molecule has 0 aromatic carbocycles. The van der Waals surface area contributed by atoms with Crippen LogP contribution in [0.15, 0.2) is 6.07 Å². The predicted molar refractivity (Wildman–Crippen MR) is 80.2 cm³/mol. The van der Waals surface area contributed by atoms with Gasteiger partial charge in [0.05, 0.1) is 0 Å². The fraction of sp³-hybridized carbons (Fsp3) is 0.733. The van der Waals surface area contributed by atoms with Gasteiger partial charge >= 0.3 is 0 Å². The lowest BCUT2D eigenvalue weighted by molar-refractivity contribution is 0.184. The van der Waals surface area contributed by atoms with Crippen molar-refractivity contribution >= 4 is 11.3 Å². The monoisotopic (exact) mass is 266 g/mol. The zero-order valence-corrected chi connectivity index (χ0v) is 12.8. The Balaban J connectivity index is 1.95. The molecule has 18 heavy (non-hydrogen) atoms. The third-order valence-corrected chi connectivity index (χ3v) is 5.13. The van der Waals surface area contributed by atoms with E-state index in [0.29, 0.717) is 0 Å². The molecule has 2 nitrogen and oxygen atoms in total. The molecule has 0 radical (unpaired) electrons. The molecule has 102 valence electrons. The van der Waals surface area contributed by atoms with Crippen LogP contribution in [0.2, 0.25) is 0 Å². The number of rotatable bonds is 5. The fourth-order valence-electron chi connectivity index (χ4n) is 2.93. The van der Waals surface area contributed by atoms with Crippen molar-refractivity contribution in [3.63, 3.8) is 0 Å². The quantitative estimate of drug-likeness (QED) is 0.877. The number of nitrogens with one attached hydrogen (secondary N) is 1. The maximum absolute atomic E-state index is 3.24. The summed E-state index contributed by atoms with van der Waals surface area (Å²) in [5, 5.41) is 3.24. The molecular weight excluding hydrogens is 240 g/mol. The van der Waals surface area contributed by atoms with E-state index in [1.807, 2.05) is 18.4 Å². The van der Waals surface area contributed by atoms with E-state index in [1.165, 1.54) is 47.4 Å². The summed E-state index contributed by atoms with van der Waals surface area (Å²) in [5.41, 5.74) is 1.53. The number of hydrogen-bond donors (Lipinski definition) is 1. The Hall–Kier alpha value is -0.380. The summed E-state index contributed by atoms with van der Waals surface area (Å²) in [4.78, 5) is 5.52. The molecule has 1 fully saturated rings. The molecule has 1 aliphatic carbocycles. The molecule has 1 N–H and O–H groups in total. The summed E-state index contributed by atoms with van der Waals surface area (Å²) >= 11 is 1.94. The third kappa shape index (κ3) is 3.56. The Morgan fingerprint density at radius 2 is 2.06 bits per heavy atom. The van der Waals surface area contributed by atoms with Crippen LogP contribution in [0.1, 0.15) is 47.4 Å². The summed E-state index contributed by atoms with van der Waals surface area (Å²) < 4.78 is 0. The average molecular weight is 266 g/mol. The topological polar surface area (TPSA) is 15.3 Å². The van der Waals surface area contributed by atoms with Gasteiger partial charge in [-0.2, -0.15) is 0 Å². The molecule has 1 aliphatic rings. The zero-order valence-electron chi connectivity index (χ0n) is 12.0. The summed E-state index contributed by atoms with van der Waals surface area (Å²) in [6.07, 6.45) is 7.06.